The Morgan fingerprint density at radius 3 is 1.58 bits per heavy atom. The molecule has 0 saturated carbocycles. The molecule has 0 bridgehead atoms. The lowest BCUT2D eigenvalue weighted by atomic mass is 9.82. The van der Waals surface area contributed by atoms with E-state index in [1.54, 1.807) is 0 Å². The van der Waals surface area contributed by atoms with E-state index < -0.39 is 0 Å². The lowest BCUT2D eigenvalue weighted by Gasteiger charge is -2.43. The van der Waals surface area contributed by atoms with E-state index in [1.165, 1.54) is 5.84 Å². The Balaban J connectivity index is 3.22. The van der Waals surface area contributed by atoms with Crippen molar-refractivity contribution in [1.29, 1.82) is 0 Å². The molecule has 0 aromatic heterocycles. The topological polar surface area (TPSA) is 12.4 Å². The highest BCUT2D eigenvalue weighted by Crippen LogP contribution is 2.40. The van der Waals surface area contributed by atoms with E-state index in [0.29, 0.717) is 0 Å². The van der Waals surface area contributed by atoms with Gasteiger partial charge in [-0.2, -0.15) is 0 Å². The van der Waals surface area contributed by atoms with Crippen LogP contribution in [0, 0.1) is 0 Å². The largest absolute Gasteiger partial charge is 0.277 e. The van der Waals surface area contributed by atoms with Crippen LogP contribution in [0.2, 0.25) is 0 Å². The Bertz CT molecular complexity index is 234. The van der Waals surface area contributed by atoms with Crippen molar-refractivity contribution in [2.45, 2.75) is 45.7 Å². The molecular formula is C10H21N2+. The van der Waals surface area contributed by atoms with Gasteiger partial charge in [-0.3, -0.25) is 4.48 Å². The fraction of sp³-hybridized carbons (Fsp3) is 0.900. The predicted molar refractivity (Wildman–Crippen MR) is 53.4 cm³/mol. The second-order valence-electron chi connectivity index (χ2n) is 5.23. The Hall–Kier alpha value is -0.370. The van der Waals surface area contributed by atoms with E-state index in [-0.39, 0.29) is 11.1 Å². The van der Waals surface area contributed by atoms with Gasteiger partial charge in [0, 0.05) is 6.92 Å². The number of nitrogens with zero attached hydrogens (tertiary/aromatic N) is 2. The first-order valence-electron chi connectivity index (χ1n) is 4.54. The minimum absolute atomic E-state index is 0.0561. The number of hydrogen-bond donors (Lipinski definition) is 0. The Morgan fingerprint density at radius 1 is 1.08 bits per heavy atom. The van der Waals surface area contributed by atoms with Crippen LogP contribution < -0.4 is 0 Å². The molecular weight excluding hydrogens is 148 g/mol. The maximum atomic E-state index is 4.72. The van der Waals surface area contributed by atoms with Crippen molar-refractivity contribution in [3.63, 3.8) is 0 Å². The van der Waals surface area contributed by atoms with Gasteiger partial charge >= 0.3 is 0 Å². The summed E-state index contributed by atoms with van der Waals surface area (Å²) in [4.78, 5) is 4.72. The maximum Gasteiger partial charge on any atom is 0.195 e. The summed E-state index contributed by atoms with van der Waals surface area (Å²) in [6, 6.07) is 0. The average Bonchev–Trinajstić information content (AvgIpc) is 1.92. The Kier molecular flexibility index (Phi) is 1.71. The number of hydrogen-bond acceptors (Lipinski definition) is 1. The minimum Gasteiger partial charge on any atom is -0.277 e. The van der Waals surface area contributed by atoms with Gasteiger partial charge in [-0.25, -0.2) is 4.99 Å². The van der Waals surface area contributed by atoms with Crippen LogP contribution in [0.1, 0.15) is 34.6 Å². The molecule has 12 heavy (non-hydrogen) atoms. The molecule has 0 aromatic carbocycles. The van der Waals surface area contributed by atoms with Crippen LogP contribution in [-0.4, -0.2) is 35.5 Å². The molecule has 1 heterocycles. The van der Waals surface area contributed by atoms with Crippen LogP contribution in [0.15, 0.2) is 4.99 Å². The van der Waals surface area contributed by atoms with Crippen LogP contribution in [0.25, 0.3) is 0 Å². The fourth-order valence-corrected chi connectivity index (χ4v) is 1.75. The molecule has 2 heteroatoms. The molecule has 1 aliphatic rings. The number of likely N-dealkylation sites (N-methyl/N-ethyl adjacent to an activating group) is 1. The molecule has 2 nitrogen and oxygen atoms in total. The van der Waals surface area contributed by atoms with E-state index in [2.05, 4.69) is 48.7 Å². The van der Waals surface area contributed by atoms with Gasteiger partial charge in [-0.1, -0.05) is 0 Å². The predicted octanol–water partition coefficient (Wildman–Crippen LogP) is 2.05. The molecule has 1 rings (SSSR count). The van der Waals surface area contributed by atoms with Crippen molar-refractivity contribution >= 4 is 5.84 Å². The lowest BCUT2D eigenvalue weighted by Crippen LogP contribution is -2.61. The van der Waals surface area contributed by atoms with Gasteiger partial charge in [0.25, 0.3) is 0 Å². The summed E-state index contributed by atoms with van der Waals surface area (Å²) >= 11 is 0. The molecule has 0 N–H and O–H groups in total. The molecule has 0 atom stereocenters. The van der Waals surface area contributed by atoms with Gasteiger partial charge in [0.1, 0.15) is 11.1 Å². The summed E-state index contributed by atoms with van der Waals surface area (Å²) in [6.45, 7) is 11.1. The molecule has 0 unspecified atom stereocenters. The van der Waals surface area contributed by atoms with E-state index in [0.717, 1.165) is 4.48 Å². The Labute approximate surface area is 75.9 Å². The quantitative estimate of drug-likeness (QED) is 0.492. The molecule has 1 aliphatic heterocycles. The highest BCUT2D eigenvalue weighted by atomic mass is 15.5. The van der Waals surface area contributed by atoms with E-state index in [9.17, 15) is 0 Å². The Morgan fingerprint density at radius 2 is 1.50 bits per heavy atom. The van der Waals surface area contributed by atoms with Crippen LogP contribution >= 0.6 is 0 Å². The molecule has 70 valence electrons. The third-order valence-corrected chi connectivity index (χ3v) is 4.15. The number of quaternary nitrogens is 1. The maximum absolute atomic E-state index is 4.72. The van der Waals surface area contributed by atoms with Gasteiger partial charge < -0.3 is 0 Å². The zero-order valence-corrected chi connectivity index (χ0v) is 9.39. The fourth-order valence-electron chi connectivity index (χ4n) is 1.75. The smallest absolute Gasteiger partial charge is 0.195 e. The number of amidine groups is 1. The average molecular weight is 169 g/mol. The SMILES string of the molecule is CC1=NC(C)(C)C(C)(C)[N+]1(C)C. The second kappa shape index (κ2) is 2.11. The van der Waals surface area contributed by atoms with Crippen LogP contribution in [-0.2, 0) is 0 Å². The molecule has 0 amide bonds. The third-order valence-electron chi connectivity index (χ3n) is 4.15. The van der Waals surface area contributed by atoms with Gasteiger partial charge in [0.2, 0.25) is 0 Å². The normalized spacial score (nSPS) is 30.1. The second-order valence-corrected chi connectivity index (χ2v) is 5.23. The third kappa shape index (κ3) is 0.875. The van der Waals surface area contributed by atoms with Crippen molar-refractivity contribution in [2.24, 2.45) is 4.99 Å². The molecule has 0 fully saturated rings. The van der Waals surface area contributed by atoms with Crippen molar-refractivity contribution < 1.29 is 4.48 Å². The summed E-state index contributed by atoms with van der Waals surface area (Å²) in [7, 11) is 4.46. The summed E-state index contributed by atoms with van der Waals surface area (Å²) < 4.78 is 0.903. The highest BCUT2D eigenvalue weighted by molar-refractivity contribution is 5.75. The van der Waals surface area contributed by atoms with Crippen molar-refractivity contribution in [2.75, 3.05) is 14.1 Å². The molecule has 0 aromatic rings. The number of aliphatic imine (C=N–C) groups is 1. The van der Waals surface area contributed by atoms with Crippen LogP contribution in [0.3, 0.4) is 0 Å². The first kappa shape index (κ1) is 9.72. The van der Waals surface area contributed by atoms with Crippen molar-refractivity contribution in [3.05, 3.63) is 0 Å². The van der Waals surface area contributed by atoms with Crippen molar-refractivity contribution in [1.82, 2.24) is 0 Å². The van der Waals surface area contributed by atoms with Gasteiger partial charge in [0.05, 0.1) is 14.1 Å². The summed E-state index contributed by atoms with van der Waals surface area (Å²) in [5.74, 6) is 1.23. The first-order chi connectivity index (χ1) is 5.13. The highest BCUT2D eigenvalue weighted by Gasteiger charge is 2.56. The standard InChI is InChI=1S/C10H21N2/c1-8-11-9(2,3)10(4,5)12(8,6)7/h1-7H3/q+1. The van der Waals surface area contributed by atoms with Gasteiger partial charge in [0.15, 0.2) is 5.84 Å². The monoisotopic (exact) mass is 169 g/mol. The van der Waals surface area contributed by atoms with Gasteiger partial charge in [-0.05, 0) is 27.7 Å². The van der Waals surface area contributed by atoms with E-state index in [4.69, 9.17) is 4.99 Å². The van der Waals surface area contributed by atoms with Crippen molar-refractivity contribution in [3.8, 4) is 0 Å². The lowest BCUT2D eigenvalue weighted by molar-refractivity contribution is -0.851. The molecule has 0 aliphatic carbocycles. The molecule has 0 spiro atoms. The molecule has 0 saturated heterocycles. The number of rotatable bonds is 0. The molecule has 0 radical (unpaired) electrons. The van der Waals surface area contributed by atoms with Crippen LogP contribution in [0.5, 0.6) is 0 Å². The van der Waals surface area contributed by atoms with Crippen LogP contribution in [0.4, 0.5) is 0 Å². The summed E-state index contributed by atoms with van der Waals surface area (Å²) in [5.41, 5.74) is 0.248. The summed E-state index contributed by atoms with van der Waals surface area (Å²) in [6.07, 6.45) is 0. The first-order valence-corrected chi connectivity index (χ1v) is 4.54. The van der Waals surface area contributed by atoms with Gasteiger partial charge in [-0.15, -0.1) is 0 Å². The zero-order valence-electron chi connectivity index (χ0n) is 9.39. The van der Waals surface area contributed by atoms with E-state index in [1.807, 2.05) is 0 Å². The zero-order chi connectivity index (χ0) is 9.78. The minimum atomic E-state index is 0.0561. The summed E-state index contributed by atoms with van der Waals surface area (Å²) in [5, 5.41) is 0. The van der Waals surface area contributed by atoms with E-state index >= 15 is 0 Å².